The maximum Gasteiger partial charge on any atom is 0.458 e. The zero-order valence-corrected chi connectivity index (χ0v) is 23.2. The summed E-state index contributed by atoms with van der Waals surface area (Å²) < 4.78 is 148. The standard InChI is InChI=1S/C31H25F9O4/c1-2-3-4-5-9-28-15-41-31(42-16-28,43-17-28)19-13-24(33)26(25(34)14-19)30(39,40)44-20-6-7-21-18(11-20)12-23(32)22(27(21)35)8-10-29(36,37)38/h6-7,11-14H,2-5,9,15-17H2,1H3. The Hall–Kier alpha value is -3.47. The maximum atomic E-state index is 15.1. The number of unbranched alkanes of at least 4 members (excludes halogenated alkanes) is 3. The molecule has 6 rings (SSSR count). The number of hydrogen-bond donors (Lipinski definition) is 0. The van der Waals surface area contributed by atoms with Gasteiger partial charge < -0.3 is 18.9 Å². The highest BCUT2D eigenvalue weighted by molar-refractivity contribution is 5.86. The van der Waals surface area contributed by atoms with E-state index in [-0.39, 0.29) is 30.8 Å². The van der Waals surface area contributed by atoms with Crippen molar-refractivity contribution in [3.63, 3.8) is 0 Å². The van der Waals surface area contributed by atoms with E-state index < -0.39 is 69.2 Å². The highest BCUT2D eigenvalue weighted by Gasteiger charge is 2.54. The van der Waals surface area contributed by atoms with Crippen LogP contribution in [0.15, 0.2) is 36.4 Å². The quantitative estimate of drug-likeness (QED) is 0.135. The van der Waals surface area contributed by atoms with Gasteiger partial charge in [0.05, 0.1) is 25.4 Å². The molecule has 2 bridgehead atoms. The molecule has 0 unspecified atom stereocenters. The van der Waals surface area contributed by atoms with Crippen molar-refractivity contribution >= 4 is 10.8 Å². The third-order valence-corrected chi connectivity index (χ3v) is 7.53. The van der Waals surface area contributed by atoms with Crippen molar-refractivity contribution in [3.8, 4) is 17.6 Å². The van der Waals surface area contributed by atoms with Gasteiger partial charge in [-0.25, -0.2) is 17.6 Å². The molecule has 3 aromatic carbocycles. The monoisotopic (exact) mass is 632 g/mol. The van der Waals surface area contributed by atoms with E-state index in [9.17, 15) is 22.0 Å². The molecule has 3 aromatic rings. The first-order valence-electron chi connectivity index (χ1n) is 13.7. The first-order chi connectivity index (χ1) is 20.7. The van der Waals surface area contributed by atoms with Gasteiger partial charge in [0.1, 0.15) is 34.6 Å². The molecule has 13 heteroatoms. The molecule has 3 aliphatic heterocycles. The summed E-state index contributed by atoms with van der Waals surface area (Å²) in [6.45, 7) is 2.64. The van der Waals surface area contributed by atoms with Crippen LogP contribution in [0.1, 0.15) is 55.7 Å². The topological polar surface area (TPSA) is 36.9 Å². The van der Waals surface area contributed by atoms with Crippen molar-refractivity contribution in [1.82, 2.24) is 0 Å². The Bertz CT molecular complexity index is 1580. The van der Waals surface area contributed by atoms with Crippen molar-refractivity contribution in [2.45, 2.75) is 57.3 Å². The molecule has 44 heavy (non-hydrogen) atoms. The Morgan fingerprint density at radius 3 is 2.05 bits per heavy atom. The van der Waals surface area contributed by atoms with Crippen LogP contribution in [0.2, 0.25) is 0 Å². The number of rotatable bonds is 9. The lowest BCUT2D eigenvalue weighted by Gasteiger charge is -2.52. The van der Waals surface area contributed by atoms with Crippen LogP contribution in [0.5, 0.6) is 5.75 Å². The number of halogens is 9. The van der Waals surface area contributed by atoms with Crippen LogP contribution in [0, 0.1) is 40.5 Å². The smallest absolute Gasteiger partial charge is 0.429 e. The molecule has 3 heterocycles. The summed E-state index contributed by atoms with van der Waals surface area (Å²) in [7, 11) is 0. The molecule has 4 nitrogen and oxygen atoms in total. The van der Waals surface area contributed by atoms with Gasteiger partial charge in [-0.3, -0.25) is 0 Å². The number of hydrogen-bond acceptors (Lipinski definition) is 4. The largest absolute Gasteiger partial charge is 0.458 e. The van der Waals surface area contributed by atoms with Crippen LogP contribution in [0.3, 0.4) is 0 Å². The number of alkyl halides is 5. The second-order valence-corrected chi connectivity index (χ2v) is 10.8. The van der Waals surface area contributed by atoms with E-state index >= 15 is 17.6 Å². The Labute approximate surface area is 246 Å². The number of fused-ring (bicyclic) bond motifs is 4. The molecule has 0 saturated carbocycles. The van der Waals surface area contributed by atoms with E-state index in [0.717, 1.165) is 56.2 Å². The van der Waals surface area contributed by atoms with Crippen LogP contribution in [-0.4, -0.2) is 26.0 Å². The SMILES string of the molecule is CCCCCCC12COC(c3cc(F)c(C(F)(F)Oc4ccc5c(F)c(C#CC(F)(F)F)c(F)cc5c4)c(F)c3)(OC1)OC2. The highest BCUT2D eigenvalue weighted by Crippen LogP contribution is 2.48. The number of ether oxygens (including phenoxy) is 4. The Balaban J connectivity index is 1.36. The molecule has 0 atom stereocenters. The Kier molecular flexibility index (Phi) is 8.56. The summed E-state index contributed by atoms with van der Waals surface area (Å²) in [4.78, 5) is 0. The predicted octanol–water partition coefficient (Wildman–Crippen LogP) is 8.58. The summed E-state index contributed by atoms with van der Waals surface area (Å²) in [5.74, 6) is -6.97. The second-order valence-electron chi connectivity index (χ2n) is 10.8. The molecule has 0 N–H and O–H groups in total. The summed E-state index contributed by atoms with van der Waals surface area (Å²) >= 11 is 0. The molecule has 236 valence electrons. The lowest BCUT2D eigenvalue weighted by atomic mass is 9.82. The van der Waals surface area contributed by atoms with Crippen molar-refractivity contribution in [2.75, 3.05) is 19.8 Å². The van der Waals surface area contributed by atoms with Crippen LogP contribution in [-0.2, 0) is 26.3 Å². The molecule has 0 amide bonds. The minimum Gasteiger partial charge on any atom is -0.429 e. The Morgan fingerprint density at radius 2 is 1.45 bits per heavy atom. The van der Waals surface area contributed by atoms with Gasteiger partial charge in [-0.15, -0.1) is 0 Å². The Morgan fingerprint density at radius 1 is 0.818 bits per heavy atom. The van der Waals surface area contributed by atoms with Crippen molar-refractivity contribution < 1.29 is 58.5 Å². The van der Waals surface area contributed by atoms with E-state index in [1.54, 1.807) is 0 Å². The van der Waals surface area contributed by atoms with Gasteiger partial charge >= 0.3 is 18.3 Å². The zero-order valence-electron chi connectivity index (χ0n) is 23.2. The second kappa shape index (κ2) is 11.8. The first-order valence-corrected chi connectivity index (χ1v) is 13.7. The van der Waals surface area contributed by atoms with Crippen molar-refractivity contribution in [3.05, 3.63) is 76.4 Å². The van der Waals surface area contributed by atoms with E-state index in [1.165, 1.54) is 5.92 Å². The van der Waals surface area contributed by atoms with Crippen LogP contribution >= 0.6 is 0 Å². The zero-order chi connectivity index (χ0) is 31.9. The summed E-state index contributed by atoms with van der Waals surface area (Å²) in [5.41, 5.74) is -3.67. The molecular formula is C31H25F9O4. The van der Waals surface area contributed by atoms with Crippen LogP contribution < -0.4 is 4.74 Å². The number of benzene rings is 3. The molecule has 0 aliphatic carbocycles. The third-order valence-electron chi connectivity index (χ3n) is 7.53. The van der Waals surface area contributed by atoms with Gasteiger partial charge in [0, 0.05) is 22.3 Å². The average molecular weight is 633 g/mol. The van der Waals surface area contributed by atoms with Crippen molar-refractivity contribution in [2.24, 2.45) is 5.41 Å². The van der Waals surface area contributed by atoms with Gasteiger partial charge in [0.25, 0.3) is 0 Å². The predicted molar refractivity (Wildman–Crippen MR) is 138 cm³/mol. The van der Waals surface area contributed by atoms with Gasteiger partial charge in [-0.1, -0.05) is 38.5 Å². The molecule has 0 aromatic heterocycles. The normalized spacial score (nSPS) is 21.8. The molecule has 0 spiro atoms. The van der Waals surface area contributed by atoms with Gasteiger partial charge in [0.15, 0.2) is 0 Å². The fraction of sp³-hybridized carbons (Fsp3) is 0.419. The molecule has 3 fully saturated rings. The van der Waals surface area contributed by atoms with Gasteiger partial charge in [-0.2, -0.15) is 22.0 Å². The summed E-state index contributed by atoms with van der Waals surface area (Å²) in [5, 5.41) is -0.844. The first kappa shape index (κ1) is 31.9. The molecule has 3 aliphatic rings. The highest BCUT2D eigenvalue weighted by atomic mass is 19.4. The van der Waals surface area contributed by atoms with Crippen LogP contribution in [0.25, 0.3) is 10.8 Å². The fourth-order valence-electron chi connectivity index (χ4n) is 5.23. The summed E-state index contributed by atoms with van der Waals surface area (Å²) in [6, 6.07) is 4.06. The van der Waals surface area contributed by atoms with Gasteiger partial charge in [0.2, 0.25) is 0 Å². The molecular weight excluding hydrogens is 607 g/mol. The molecule has 3 saturated heterocycles. The van der Waals surface area contributed by atoms with E-state index in [4.69, 9.17) is 14.2 Å². The van der Waals surface area contributed by atoms with E-state index in [1.807, 2.05) is 0 Å². The average Bonchev–Trinajstić information content (AvgIpc) is 2.95. The molecule has 0 radical (unpaired) electrons. The summed E-state index contributed by atoms with van der Waals surface area (Å²) in [6.07, 6.45) is -4.80. The van der Waals surface area contributed by atoms with E-state index in [2.05, 4.69) is 11.7 Å². The van der Waals surface area contributed by atoms with Gasteiger partial charge in [-0.05, 0) is 48.2 Å². The van der Waals surface area contributed by atoms with Crippen molar-refractivity contribution in [1.29, 1.82) is 0 Å². The minimum atomic E-state index is -5.02. The maximum absolute atomic E-state index is 15.1. The lowest BCUT2D eigenvalue weighted by Crippen LogP contribution is -2.58. The van der Waals surface area contributed by atoms with E-state index in [0.29, 0.717) is 18.2 Å². The fourth-order valence-corrected chi connectivity index (χ4v) is 5.23. The lowest BCUT2D eigenvalue weighted by molar-refractivity contribution is -0.480. The van der Waals surface area contributed by atoms with Crippen LogP contribution in [0.4, 0.5) is 39.5 Å². The minimum absolute atomic E-state index is 0.183. The third kappa shape index (κ3) is 6.34.